The van der Waals surface area contributed by atoms with Crippen LogP contribution in [0.2, 0.25) is 0 Å². The lowest BCUT2D eigenvalue weighted by Gasteiger charge is -2.03. The predicted octanol–water partition coefficient (Wildman–Crippen LogP) is 3.08. The van der Waals surface area contributed by atoms with Crippen molar-refractivity contribution in [2.24, 2.45) is 0 Å². The highest BCUT2D eigenvalue weighted by molar-refractivity contribution is 6.06. The van der Waals surface area contributed by atoms with Crippen molar-refractivity contribution in [3.8, 4) is 5.69 Å². The number of nitrogens with zero attached hydrogens (tertiary/aromatic N) is 5. The molecule has 7 heteroatoms. The lowest BCUT2D eigenvalue weighted by atomic mass is 10.1. The van der Waals surface area contributed by atoms with Gasteiger partial charge in [0.25, 0.3) is 0 Å². The van der Waals surface area contributed by atoms with Crippen LogP contribution in [0.25, 0.3) is 11.8 Å². The summed E-state index contributed by atoms with van der Waals surface area (Å²) in [7, 11) is 0. The Morgan fingerprint density at radius 2 is 2.12 bits per heavy atom. The molecule has 0 saturated carbocycles. The Kier molecular flexibility index (Phi) is 4.33. The highest BCUT2D eigenvalue weighted by Gasteiger charge is 2.08. The van der Waals surface area contributed by atoms with E-state index in [0.717, 1.165) is 0 Å². The van der Waals surface area contributed by atoms with Gasteiger partial charge in [-0.2, -0.15) is 10.2 Å². The Labute approximate surface area is 138 Å². The Morgan fingerprint density at radius 1 is 1.29 bits per heavy atom. The molecule has 24 heavy (non-hydrogen) atoms. The maximum absolute atomic E-state index is 14.1. The molecular weight excluding hydrogens is 309 g/mol. The maximum Gasteiger partial charge on any atom is 0.189 e. The molecule has 0 atom stereocenters. The molecule has 0 fully saturated rings. The van der Waals surface area contributed by atoms with Crippen LogP contribution in [0, 0.1) is 5.82 Å². The summed E-state index contributed by atoms with van der Waals surface area (Å²) in [4.78, 5) is 15.9. The molecule has 0 bridgehead atoms. The third kappa shape index (κ3) is 3.29. The Bertz CT molecular complexity index is 880. The van der Waals surface area contributed by atoms with Crippen LogP contribution < -0.4 is 0 Å². The van der Waals surface area contributed by atoms with Gasteiger partial charge in [0, 0.05) is 12.2 Å². The van der Waals surface area contributed by atoms with Gasteiger partial charge in [0.15, 0.2) is 5.78 Å². The first-order valence-corrected chi connectivity index (χ1v) is 7.45. The SMILES string of the molecule is CC(C)n1cc(C(=O)/C=C\c2ccc(-n3cncn3)c(F)c2)cn1. The molecule has 1 aromatic carbocycles. The van der Waals surface area contributed by atoms with Gasteiger partial charge in [-0.3, -0.25) is 9.48 Å². The van der Waals surface area contributed by atoms with E-state index in [1.54, 1.807) is 29.1 Å². The van der Waals surface area contributed by atoms with E-state index in [1.165, 1.54) is 35.7 Å². The van der Waals surface area contributed by atoms with E-state index in [4.69, 9.17) is 0 Å². The fourth-order valence-corrected chi connectivity index (χ4v) is 2.16. The van der Waals surface area contributed by atoms with Gasteiger partial charge >= 0.3 is 0 Å². The molecule has 0 N–H and O–H groups in total. The normalized spacial score (nSPS) is 11.5. The van der Waals surface area contributed by atoms with Crippen LogP contribution in [-0.4, -0.2) is 30.3 Å². The summed E-state index contributed by atoms with van der Waals surface area (Å²) in [6.45, 7) is 3.97. The largest absolute Gasteiger partial charge is 0.289 e. The molecule has 3 rings (SSSR count). The van der Waals surface area contributed by atoms with Crippen LogP contribution in [0.3, 0.4) is 0 Å². The highest BCUT2D eigenvalue weighted by Crippen LogP contribution is 2.15. The summed E-state index contributed by atoms with van der Waals surface area (Å²) in [5.41, 5.74) is 1.38. The van der Waals surface area contributed by atoms with Crippen molar-refractivity contribution in [2.45, 2.75) is 19.9 Å². The van der Waals surface area contributed by atoms with Gasteiger partial charge in [0.05, 0.1) is 11.8 Å². The van der Waals surface area contributed by atoms with E-state index in [0.29, 0.717) is 16.8 Å². The number of allylic oxidation sites excluding steroid dienone is 1. The van der Waals surface area contributed by atoms with Crippen LogP contribution in [0.15, 0.2) is 49.3 Å². The standard InChI is InChI=1S/C17H16FN5O/c1-12(2)22-9-14(8-20-22)17(24)6-4-13-3-5-16(15(18)7-13)23-11-19-10-21-23/h3-12H,1-2H3/b6-4-. The second-order valence-electron chi connectivity index (χ2n) is 5.55. The zero-order valence-electron chi connectivity index (χ0n) is 13.3. The lowest BCUT2D eigenvalue weighted by molar-refractivity contribution is 0.104. The first-order valence-electron chi connectivity index (χ1n) is 7.45. The third-order valence-corrected chi connectivity index (χ3v) is 3.48. The van der Waals surface area contributed by atoms with Crippen molar-refractivity contribution < 1.29 is 9.18 Å². The number of hydrogen-bond acceptors (Lipinski definition) is 4. The third-order valence-electron chi connectivity index (χ3n) is 3.48. The van der Waals surface area contributed by atoms with Gasteiger partial charge in [-0.1, -0.05) is 12.1 Å². The highest BCUT2D eigenvalue weighted by atomic mass is 19.1. The molecule has 0 radical (unpaired) electrons. The minimum Gasteiger partial charge on any atom is -0.289 e. The van der Waals surface area contributed by atoms with Crippen molar-refractivity contribution in [3.05, 3.63) is 66.3 Å². The fourth-order valence-electron chi connectivity index (χ4n) is 2.16. The van der Waals surface area contributed by atoms with Crippen molar-refractivity contribution in [1.82, 2.24) is 24.5 Å². The van der Waals surface area contributed by atoms with E-state index in [-0.39, 0.29) is 11.8 Å². The van der Waals surface area contributed by atoms with E-state index in [2.05, 4.69) is 15.2 Å². The molecule has 3 aromatic rings. The van der Waals surface area contributed by atoms with Crippen LogP contribution in [0.4, 0.5) is 4.39 Å². The Morgan fingerprint density at radius 3 is 2.75 bits per heavy atom. The molecule has 0 spiro atoms. The average molecular weight is 325 g/mol. The summed E-state index contributed by atoms with van der Waals surface area (Å²) >= 11 is 0. The van der Waals surface area contributed by atoms with Crippen LogP contribution >= 0.6 is 0 Å². The summed E-state index contributed by atoms with van der Waals surface area (Å²) in [5, 5.41) is 8.02. The number of carbonyl (C=O) groups is 1. The maximum atomic E-state index is 14.1. The Balaban J connectivity index is 1.76. The van der Waals surface area contributed by atoms with E-state index in [9.17, 15) is 9.18 Å². The van der Waals surface area contributed by atoms with Crippen LogP contribution in [-0.2, 0) is 0 Å². The quantitative estimate of drug-likeness (QED) is 0.534. The number of aromatic nitrogens is 5. The first kappa shape index (κ1) is 15.8. The van der Waals surface area contributed by atoms with E-state index in [1.807, 2.05) is 13.8 Å². The van der Waals surface area contributed by atoms with Crippen LogP contribution in [0.1, 0.15) is 35.8 Å². The number of benzene rings is 1. The number of ketones is 1. The molecule has 2 heterocycles. The molecule has 0 amide bonds. The van der Waals surface area contributed by atoms with Crippen LogP contribution in [0.5, 0.6) is 0 Å². The van der Waals surface area contributed by atoms with E-state index >= 15 is 0 Å². The number of carbonyl (C=O) groups excluding carboxylic acids is 1. The number of rotatable bonds is 5. The average Bonchev–Trinajstić information content (AvgIpc) is 3.24. The van der Waals surface area contributed by atoms with Gasteiger partial charge in [-0.15, -0.1) is 0 Å². The lowest BCUT2D eigenvalue weighted by Crippen LogP contribution is -2.00. The van der Waals surface area contributed by atoms with E-state index < -0.39 is 5.82 Å². The summed E-state index contributed by atoms with van der Waals surface area (Å²) in [6.07, 6.45) is 8.97. The number of hydrogen-bond donors (Lipinski definition) is 0. The molecule has 0 aliphatic carbocycles. The molecule has 2 aromatic heterocycles. The smallest absolute Gasteiger partial charge is 0.189 e. The fraction of sp³-hybridized carbons (Fsp3) is 0.176. The monoisotopic (exact) mass is 325 g/mol. The minimum atomic E-state index is -0.442. The zero-order chi connectivity index (χ0) is 17.1. The van der Waals surface area contributed by atoms with Gasteiger partial charge in [0.2, 0.25) is 0 Å². The van der Waals surface area contributed by atoms with Crippen molar-refractivity contribution >= 4 is 11.9 Å². The van der Waals surface area contributed by atoms with Crippen molar-refractivity contribution in [1.29, 1.82) is 0 Å². The number of halogens is 1. The zero-order valence-corrected chi connectivity index (χ0v) is 13.3. The van der Waals surface area contributed by atoms with Gasteiger partial charge in [-0.05, 0) is 37.6 Å². The van der Waals surface area contributed by atoms with Crippen molar-refractivity contribution in [3.63, 3.8) is 0 Å². The molecule has 0 unspecified atom stereocenters. The molecule has 0 aliphatic rings. The second-order valence-corrected chi connectivity index (χ2v) is 5.55. The summed E-state index contributed by atoms with van der Waals surface area (Å²) in [6, 6.07) is 4.83. The predicted molar refractivity (Wildman–Crippen MR) is 87.3 cm³/mol. The van der Waals surface area contributed by atoms with Gasteiger partial charge in [0.1, 0.15) is 24.2 Å². The minimum absolute atomic E-state index is 0.178. The molecule has 0 aliphatic heterocycles. The first-order chi connectivity index (χ1) is 11.5. The summed E-state index contributed by atoms with van der Waals surface area (Å²) in [5.74, 6) is -0.620. The molecular formula is C17H16FN5O. The topological polar surface area (TPSA) is 65.6 Å². The molecule has 122 valence electrons. The second kappa shape index (κ2) is 6.57. The summed E-state index contributed by atoms with van der Waals surface area (Å²) < 4.78 is 17.2. The Hall–Kier alpha value is -3.09. The molecule has 0 saturated heterocycles. The molecule has 6 nitrogen and oxygen atoms in total. The van der Waals surface area contributed by atoms with Gasteiger partial charge in [-0.25, -0.2) is 14.1 Å². The van der Waals surface area contributed by atoms with Crippen molar-refractivity contribution in [2.75, 3.05) is 0 Å². The van der Waals surface area contributed by atoms with Gasteiger partial charge < -0.3 is 0 Å².